The Hall–Kier alpha value is -1.95. The van der Waals surface area contributed by atoms with Gasteiger partial charge >= 0.3 is 5.97 Å². The Labute approximate surface area is 111 Å². The number of carbonyl (C=O) groups excluding carboxylic acids is 1. The lowest BCUT2D eigenvalue weighted by atomic mass is 9.97. The lowest BCUT2D eigenvalue weighted by Crippen LogP contribution is -2.40. The number of pyridine rings is 1. The number of amides is 1. The minimum absolute atomic E-state index is 0.0426. The first kappa shape index (κ1) is 13.5. The van der Waals surface area contributed by atoms with E-state index < -0.39 is 5.97 Å². The van der Waals surface area contributed by atoms with Crippen molar-refractivity contribution >= 4 is 11.9 Å². The molecule has 3 N–H and O–H groups in total. The molecular weight excluding hydrogens is 246 g/mol. The Balaban J connectivity index is 2.02. The number of aromatic nitrogens is 1. The van der Waals surface area contributed by atoms with Gasteiger partial charge in [-0.2, -0.15) is 0 Å². The molecule has 0 spiro atoms. The van der Waals surface area contributed by atoms with Crippen molar-refractivity contribution in [1.82, 2.24) is 9.88 Å². The van der Waals surface area contributed by atoms with Crippen molar-refractivity contribution in [3.05, 3.63) is 29.6 Å². The smallest absolute Gasteiger partial charge is 0.354 e. The minimum atomic E-state index is -1.03. The van der Waals surface area contributed by atoms with Crippen LogP contribution in [0.4, 0.5) is 0 Å². The summed E-state index contributed by atoms with van der Waals surface area (Å²) in [6.07, 6.45) is 1.75. The van der Waals surface area contributed by atoms with E-state index in [1.54, 1.807) is 12.1 Å². The molecule has 1 aromatic rings. The summed E-state index contributed by atoms with van der Waals surface area (Å²) in [7, 11) is 0. The summed E-state index contributed by atoms with van der Waals surface area (Å²) in [5, 5.41) is 8.89. The van der Waals surface area contributed by atoms with Gasteiger partial charge in [0.15, 0.2) is 0 Å². The van der Waals surface area contributed by atoms with E-state index in [2.05, 4.69) is 9.88 Å². The molecule has 19 heavy (non-hydrogen) atoms. The maximum absolute atomic E-state index is 11.2. The molecule has 102 valence electrons. The molecule has 0 aromatic carbocycles. The van der Waals surface area contributed by atoms with Crippen LogP contribution in [0.15, 0.2) is 18.2 Å². The topological polar surface area (TPSA) is 96.5 Å². The van der Waals surface area contributed by atoms with Gasteiger partial charge in [0.1, 0.15) is 5.69 Å². The second kappa shape index (κ2) is 5.79. The normalized spacial score (nSPS) is 20.1. The number of piperidine rings is 1. The van der Waals surface area contributed by atoms with Gasteiger partial charge < -0.3 is 10.8 Å². The number of carbonyl (C=O) groups is 2. The first-order chi connectivity index (χ1) is 9.06. The standard InChI is InChI=1S/C13H17N3O3/c14-12(17)9-3-2-6-16(7-9)8-10-4-1-5-11(15-10)13(18)19/h1,4-5,9H,2-3,6-8H2,(H2,14,17)(H,18,19). The highest BCUT2D eigenvalue weighted by atomic mass is 16.4. The van der Waals surface area contributed by atoms with E-state index in [0.29, 0.717) is 18.8 Å². The zero-order valence-corrected chi connectivity index (χ0v) is 10.6. The number of primary amides is 1. The van der Waals surface area contributed by atoms with Gasteiger partial charge in [-0.25, -0.2) is 9.78 Å². The first-order valence-corrected chi connectivity index (χ1v) is 6.27. The molecule has 1 atom stereocenters. The van der Waals surface area contributed by atoms with Crippen LogP contribution in [0.2, 0.25) is 0 Å². The van der Waals surface area contributed by atoms with Gasteiger partial charge in [0.05, 0.1) is 11.6 Å². The summed E-state index contributed by atoms with van der Waals surface area (Å²) in [4.78, 5) is 28.2. The van der Waals surface area contributed by atoms with E-state index in [4.69, 9.17) is 10.8 Å². The maximum atomic E-state index is 11.2. The summed E-state index contributed by atoms with van der Waals surface area (Å²) in [6.45, 7) is 2.04. The van der Waals surface area contributed by atoms with Gasteiger partial charge in [0, 0.05) is 13.1 Å². The average Bonchev–Trinajstić information content (AvgIpc) is 2.39. The molecule has 6 nitrogen and oxygen atoms in total. The van der Waals surface area contributed by atoms with E-state index in [0.717, 1.165) is 19.4 Å². The Morgan fingerprint density at radius 1 is 1.47 bits per heavy atom. The molecule has 0 saturated carbocycles. The lowest BCUT2D eigenvalue weighted by Gasteiger charge is -2.30. The van der Waals surface area contributed by atoms with Crippen LogP contribution in [0.25, 0.3) is 0 Å². The van der Waals surface area contributed by atoms with Gasteiger partial charge in [-0.15, -0.1) is 0 Å². The highest BCUT2D eigenvalue weighted by molar-refractivity contribution is 5.85. The van der Waals surface area contributed by atoms with E-state index in [-0.39, 0.29) is 17.5 Å². The summed E-state index contributed by atoms with van der Waals surface area (Å²) in [5.41, 5.74) is 6.07. The third kappa shape index (κ3) is 3.51. The number of rotatable bonds is 4. The van der Waals surface area contributed by atoms with Gasteiger partial charge in [0.2, 0.25) is 5.91 Å². The number of aromatic carboxylic acids is 1. The molecular formula is C13H17N3O3. The predicted octanol–water partition coefficient (Wildman–Crippen LogP) is 0.477. The van der Waals surface area contributed by atoms with Crippen molar-refractivity contribution in [2.24, 2.45) is 11.7 Å². The molecule has 1 aliphatic rings. The number of nitrogens with two attached hydrogens (primary N) is 1. The van der Waals surface area contributed by atoms with Crippen molar-refractivity contribution in [1.29, 1.82) is 0 Å². The lowest BCUT2D eigenvalue weighted by molar-refractivity contribution is -0.123. The van der Waals surface area contributed by atoms with Crippen LogP contribution >= 0.6 is 0 Å². The minimum Gasteiger partial charge on any atom is -0.477 e. The van der Waals surface area contributed by atoms with Crippen molar-refractivity contribution in [2.45, 2.75) is 19.4 Å². The third-order valence-corrected chi connectivity index (χ3v) is 3.32. The van der Waals surface area contributed by atoms with Gasteiger partial charge in [-0.1, -0.05) is 6.07 Å². The number of nitrogens with zero attached hydrogens (tertiary/aromatic N) is 2. The zero-order chi connectivity index (χ0) is 13.8. The maximum Gasteiger partial charge on any atom is 0.354 e. The van der Waals surface area contributed by atoms with Crippen molar-refractivity contribution in [2.75, 3.05) is 13.1 Å². The number of carboxylic acids is 1. The van der Waals surface area contributed by atoms with Crippen molar-refractivity contribution < 1.29 is 14.7 Å². The molecule has 1 saturated heterocycles. The second-order valence-electron chi connectivity index (χ2n) is 4.80. The fourth-order valence-electron chi connectivity index (χ4n) is 2.35. The first-order valence-electron chi connectivity index (χ1n) is 6.27. The van der Waals surface area contributed by atoms with E-state index >= 15 is 0 Å². The monoisotopic (exact) mass is 263 g/mol. The number of likely N-dealkylation sites (tertiary alicyclic amines) is 1. The Bertz CT molecular complexity index is 490. The quantitative estimate of drug-likeness (QED) is 0.823. The van der Waals surface area contributed by atoms with Gasteiger partial charge in [-0.05, 0) is 31.5 Å². The summed E-state index contributed by atoms with van der Waals surface area (Å²) >= 11 is 0. The Kier molecular flexibility index (Phi) is 4.11. The Morgan fingerprint density at radius 3 is 2.95 bits per heavy atom. The number of hydrogen-bond acceptors (Lipinski definition) is 4. The molecule has 0 bridgehead atoms. The van der Waals surface area contributed by atoms with Crippen molar-refractivity contribution in [3.8, 4) is 0 Å². The van der Waals surface area contributed by atoms with E-state index in [1.807, 2.05) is 0 Å². The zero-order valence-electron chi connectivity index (χ0n) is 10.6. The highest BCUT2D eigenvalue weighted by Crippen LogP contribution is 2.17. The van der Waals surface area contributed by atoms with Crippen LogP contribution < -0.4 is 5.73 Å². The highest BCUT2D eigenvalue weighted by Gasteiger charge is 2.24. The molecule has 2 heterocycles. The number of carboxylic acid groups (broad SMARTS) is 1. The number of hydrogen-bond donors (Lipinski definition) is 2. The largest absolute Gasteiger partial charge is 0.477 e. The fourth-order valence-corrected chi connectivity index (χ4v) is 2.35. The molecule has 1 aromatic heterocycles. The predicted molar refractivity (Wildman–Crippen MR) is 68.4 cm³/mol. The van der Waals surface area contributed by atoms with E-state index in [1.165, 1.54) is 6.07 Å². The fraction of sp³-hybridized carbons (Fsp3) is 0.462. The Morgan fingerprint density at radius 2 is 2.26 bits per heavy atom. The van der Waals surface area contributed by atoms with Crippen LogP contribution in [-0.2, 0) is 11.3 Å². The second-order valence-corrected chi connectivity index (χ2v) is 4.80. The summed E-state index contributed by atoms with van der Waals surface area (Å²) < 4.78 is 0. The van der Waals surface area contributed by atoms with E-state index in [9.17, 15) is 9.59 Å². The van der Waals surface area contributed by atoms with Gasteiger partial charge in [-0.3, -0.25) is 9.69 Å². The van der Waals surface area contributed by atoms with Crippen LogP contribution in [0, 0.1) is 5.92 Å². The third-order valence-electron chi connectivity index (χ3n) is 3.32. The van der Waals surface area contributed by atoms with Crippen LogP contribution in [0.5, 0.6) is 0 Å². The van der Waals surface area contributed by atoms with Gasteiger partial charge in [0.25, 0.3) is 0 Å². The molecule has 1 unspecified atom stereocenters. The average molecular weight is 263 g/mol. The molecule has 1 fully saturated rings. The summed E-state index contributed by atoms with van der Waals surface area (Å²) in [5.74, 6) is -1.41. The van der Waals surface area contributed by atoms with Crippen LogP contribution in [-0.4, -0.2) is 40.0 Å². The van der Waals surface area contributed by atoms with Crippen LogP contribution in [0.3, 0.4) is 0 Å². The molecule has 0 aliphatic carbocycles. The van der Waals surface area contributed by atoms with Crippen molar-refractivity contribution in [3.63, 3.8) is 0 Å². The SMILES string of the molecule is NC(=O)C1CCCN(Cc2cccc(C(=O)O)n2)C1. The molecule has 1 aliphatic heterocycles. The molecule has 6 heteroatoms. The molecule has 0 radical (unpaired) electrons. The van der Waals surface area contributed by atoms with Crippen LogP contribution in [0.1, 0.15) is 29.0 Å². The molecule has 1 amide bonds. The molecule has 2 rings (SSSR count). The summed E-state index contributed by atoms with van der Waals surface area (Å²) in [6, 6.07) is 4.94.